The number of nitrogens with zero attached hydrogens (tertiary/aromatic N) is 1. The smallest absolute Gasteiger partial charge is 0.421 e. The highest BCUT2D eigenvalue weighted by Gasteiger charge is 2.36. The van der Waals surface area contributed by atoms with Crippen molar-refractivity contribution in [2.45, 2.75) is 6.92 Å². The van der Waals surface area contributed by atoms with Crippen molar-refractivity contribution in [2.24, 2.45) is 0 Å². The molecule has 5 heteroatoms. The van der Waals surface area contributed by atoms with Crippen molar-refractivity contribution in [1.29, 1.82) is 0 Å². The number of fused-ring (bicyclic) bond motifs is 1. The van der Waals surface area contributed by atoms with Gasteiger partial charge in [-0.1, -0.05) is 60.6 Å². The molecule has 0 fully saturated rings. The maximum absolute atomic E-state index is 11.9. The lowest BCUT2D eigenvalue weighted by Crippen LogP contribution is -2.33. The van der Waals surface area contributed by atoms with Gasteiger partial charge in [-0.3, -0.25) is 4.79 Å². The summed E-state index contributed by atoms with van der Waals surface area (Å²) in [5.74, 6) is -0.472. The van der Waals surface area contributed by atoms with Crippen LogP contribution in [0.1, 0.15) is 12.5 Å². The first-order valence-electron chi connectivity index (χ1n) is 7.06. The second-order valence-corrected chi connectivity index (χ2v) is 5.07. The first-order chi connectivity index (χ1) is 11.1. The number of carbonyl (C=O) groups excluding carboxylic acids is 2. The highest BCUT2D eigenvalue weighted by molar-refractivity contribution is 6.39. The Morgan fingerprint density at radius 2 is 1.74 bits per heavy atom. The quantitative estimate of drug-likeness (QED) is 0.721. The molecule has 3 rings (SSSR count). The van der Waals surface area contributed by atoms with E-state index in [0.29, 0.717) is 16.3 Å². The molecule has 118 valence electrons. The molecule has 2 amide bonds. The number of benzene rings is 2. The molecule has 1 aliphatic heterocycles. The number of amides is 2. The number of anilines is 1. The van der Waals surface area contributed by atoms with Gasteiger partial charge in [-0.2, -0.15) is 0 Å². The van der Waals surface area contributed by atoms with Gasteiger partial charge in [0.15, 0.2) is 0 Å². The van der Waals surface area contributed by atoms with Crippen molar-refractivity contribution in [3.8, 4) is 0 Å². The topological polar surface area (TPSA) is 46.6 Å². The third-order valence-electron chi connectivity index (χ3n) is 3.10. The Balaban J connectivity index is 0.000000268. The summed E-state index contributed by atoms with van der Waals surface area (Å²) in [6, 6.07) is 16.9. The largest absolute Gasteiger partial charge is 0.449 e. The van der Waals surface area contributed by atoms with Gasteiger partial charge in [-0.15, -0.1) is 0 Å². The molecule has 0 unspecified atom stereocenters. The third-order valence-corrected chi connectivity index (χ3v) is 3.34. The van der Waals surface area contributed by atoms with Gasteiger partial charge >= 0.3 is 6.09 Å². The van der Waals surface area contributed by atoms with Crippen molar-refractivity contribution in [1.82, 2.24) is 0 Å². The molecule has 2 aromatic rings. The lowest BCUT2D eigenvalue weighted by Gasteiger charge is -2.14. The molecular formula is C18H16ClNO3. The Kier molecular flexibility index (Phi) is 5.55. The average molecular weight is 330 g/mol. The number of hydrogen-bond donors (Lipinski definition) is 0. The van der Waals surface area contributed by atoms with Crippen molar-refractivity contribution in [2.75, 3.05) is 11.5 Å². The molecule has 0 saturated heterocycles. The summed E-state index contributed by atoms with van der Waals surface area (Å²) in [7, 11) is 0. The highest BCUT2D eigenvalue weighted by Crippen LogP contribution is 2.37. The minimum atomic E-state index is -0.709. The minimum absolute atomic E-state index is 0.199. The van der Waals surface area contributed by atoms with E-state index >= 15 is 0 Å². The van der Waals surface area contributed by atoms with Crippen LogP contribution in [-0.2, 0) is 9.53 Å². The average Bonchev–Trinajstić information content (AvgIpc) is 2.81. The highest BCUT2D eigenvalue weighted by atomic mass is 35.5. The molecule has 23 heavy (non-hydrogen) atoms. The maximum atomic E-state index is 11.9. The second-order valence-electron chi connectivity index (χ2n) is 4.63. The summed E-state index contributed by atoms with van der Waals surface area (Å²) in [6.07, 6.45) is -0.709. The predicted molar refractivity (Wildman–Crippen MR) is 91.4 cm³/mol. The van der Waals surface area contributed by atoms with Crippen LogP contribution in [0.15, 0.2) is 61.2 Å². The Morgan fingerprint density at radius 3 is 2.26 bits per heavy atom. The fraction of sp³-hybridized carbons (Fsp3) is 0.111. The summed E-state index contributed by atoms with van der Waals surface area (Å²) >= 11 is 5.85. The van der Waals surface area contributed by atoms with Crippen LogP contribution in [0, 0.1) is 0 Å². The Bertz CT molecular complexity index is 702. The molecular weight excluding hydrogens is 314 g/mol. The molecule has 0 N–H and O–H groups in total. The number of ether oxygens (including phenoxy) is 1. The summed E-state index contributed by atoms with van der Waals surface area (Å²) in [4.78, 5) is 24.5. The first-order valence-corrected chi connectivity index (χ1v) is 7.44. The van der Waals surface area contributed by atoms with Gasteiger partial charge in [0.25, 0.3) is 5.91 Å². The zero-order chi connectivity index (χ0) is 16.8. The normalized spacial score (nSPS) is 12.3. The lowest BCUT2D eigenvalue weighted by molar-refractivity contribution is -0.112. The predicted octanol–water partition coefficient (Wildman–Crippen LogP) is 4.54. The molecule has 0 atom stereocenters. The van der Waals surface area contributed by atoms with Gasteiger partial charge in [0.2, 0.25) is 0 Å². The molecule has 0 spiro atoms. The van der Waals surface area contributed by atoms with Gasteiger partial charge in [-0.05, 0) is 19.1 Å². The number of halogens is 1. The summed E-state index contributed by atoms with van der Waals surface area (Å²) in [6.45, 7) is 5.53. The standard InChI is InChI=1S/C12H10ClNO3.C6H6/c1-3-17-12(16)14-10-6-8(13)4-5-9(10)7(2)11(14)15;1-2-4-6-5-3-1/h4-6H,2-3H2,1H3;1-6H. The van der Waals surface area contributed by atoms with Gasteiger partial charge in [0.05, 0.1) is 12.3 Å². The van der Waals surface area contributed by atoms with Crippen LogP contribution in [0.2, 0.25) is 5.02 Å². The Hall–Kier alpha value is -2.59. The van der Waals surface area contributed by atoms with E-state index in [0.717, 1.165) is 4.90 Å². The van der Waals surface area contributed by atoms with Gasteiger partial charge in [-0.25, -0.2) is 9.69 Å². The minimum Gasteiger partial charge on any atom is -0.449 e. The fourth-order valence-electron chi connectivity index (χ4n) is 2.06. The van der Waals surface area contributed by atoms with Crippen LogP contribution in [0.4, 0.5) is 10.5 Å². The van der Waals surface area contributed by atoms with Crippen LogP contribution >= 0.6 is 11.6 Å². The van der Waals surface area contributed by atoms with E-state index < -0.39 is 12.0 Å². The fourth-order valence-corrected chi connectivity index (χ4v) is 2.23. The molecule has 4 nitrogen and oxygen atoms in total. The van der Waals surface area contributed by atoms with Gasteiger partial charge in [0.1, 0.15) is 0 Å². The lowest BCUT2D eigenvalue weighted by atomic mass is 10.1. The van der Waals surface area contributed by atoms with Crippen LogP contribution in [0.3, 0.4) is 0 Å². The van der Waals surface area contributed by atoms with Gasteiger partial charge < -0.3 is 4.74 Å². The molecule has 0 aliphatic carbocycles. The molecule has 1 aliphatic rings. The molecule has 0 radical (unpaired) electrons. The van der Waals surface area contributed by atoms with E-state index in [1.807, 2.05) is 36.4 Å². The van der Waals surface area contributed by atoms with Crippen LogP contribution in [-0.4, -0.2) is 18.6 Å². The molecule has 0 aromatic heterocycles. The number of rotatable bonds is 1. The molecule has 2 aromatic carbocycles. The van der Waals surface area contributed by atoms with E-state index in [4.69, 9.17) is 16.3 Å². The number of imide groups is 1. The van der Waals surface area contributed by atoms with Crippen LogP contribution in [0.25, 0.3) is 5.57 Å². The number of carbonyl (C=O) groups is 2. The van der Waals surface area contributed by atoms with E-state index in [-0.39, 0.29) is 12.2 Å². The van der Waals surface area contributed by atoms with Gasteiger partial charge in [0, 0.05) is 16.2 Å². The molecule has 0 saturated carbocycles. The van der Waals surface area contributed by atoms with Crippen molar-refractivity contribution < 1.29 is 14.3 Å². The molecule has 0 bridgehead atoms. The van der Waals surface area contributed by atoms with Crippen LogP contribution < -0.4 is 4.90 Å². The van der Waals surface area contributed by atoms with E-state index in [1.54, 1.807) is 25.1 Å². The van der Waals surface area contributed by atoms with Crippen molar-refractivity contribution >= 4 is 34.9 Å². The van der Waals surface area contributed by atoms with E-state index in [9.17, 15) is 9.59 Å². The third kappa shape index (κ3) is 3.79. The Morgan fingerprint density at radius 1 is 1.17 bits per heavy atom. The monoisotopic (exact) mass is 329 g/mol. The van der Waals surface area contributed by atoms with E-state index in [2.05, 4.69) is 6.58 Å². The Labute approximate surface area is 139 Å². The summed E-state index contributed by atoms with van der Waals surface area (Å²) < 4.78 is 4.82. The van der Waals surface area contributed by atoms with Crippen LogP contribution in [0.5, 0.6) is 0 Å². The van der Waals surface area contributed by atoms with Crippen molar-refractivity contribution in [3.63, 3.8) is 0 Å². The second kappa shape index (κ2) is 7.61. The van der Waals surface area contributed by atoms with Crippen molar-refractivity contribution in [3.05, 3.63) is 71.8 Å². The molecule has 1 heterocycles. The SMILES string of the molecule is C=C1C(=O)N(C(=O)OCC)c2cc(Cl)ccc21.c1ccccc1. The summed E-state index contributed by atoms with van der Waals surface area (Å²) in [5, 5.41) is 0.445. The maximum Gasteiger partial charge on any atom is 0.421 e. The first kappa shape index (κ1) is 16.8. The number of hydrogen-bond acceptors (Lipinski definition) is 3. The zero-order valence-corrected chi connectivity index (χ0v) is 13.4. The zero-order valence-electron chi connectivity index (χ0n) is 12.7. The summed E-state index contributed by atoms with van der Waals surface area (Å²) in [5.41, 5.74) is 1.29. The van der Waals surface area contributed by atoms with E-state index in [1.165, 1.54) is 0 Å².